The van der Waals surface area contributed by atoms with Gasteiger partial charge in [0.25, 0.3) is 0 Å². The second kappa shape index (κ2) is 12.5. The van der Waals surface area contributed by atoms with Crippen molar-refractivity contribution in [2.75, 3.05) is 6.61 Å². The fourth-order valence-electron chi connectivity index (χ4n) is 2.68. The molecule has 0 saturated heterocycles. The van der Waals surface area contributed by atoms with Crippen LogP contribution in [0.25, 0.3) is 0 Å². The summed E-state index contributed by atoms with van der Waals surface area (Å²) in [5.41, 5.74) is 2.00. The van der Waals surface area contributed by atoms with Gasteiger partial charge in [-0.3, -0.25) is 0 Å². The van der Waals surface area contributed by atoms with E-state index >= 15 is 0 Å². The Bertz CT molecular complexity index is 754. The van der Waals surface area contributed by atoms with E-state index < -0.39 is 0 Å². The van der Waals surface area contributed by atoms with Crippen LogP contribution in [0.1, 0.15) is 44.1 Å². The van der Waals surface area contributed by atoms with Crippen molar-refractivity contribution in [1.82, 2.24) is 4.98 Å². The van der Waals surface area contributed by atoms with Gasteiger partial charge >= 0.3 is 0 Å². The Labute approximate surface area is 174 Å². The van der Waals surface area contributed by atoms with E-state index in [1.165, 1.54) is 0 Å². The fourth-order valence-corrected chi connectivity index (χ4v) is 3.04. The number of halogens is 2. The molecule has 0 atom stereocenters. The number of rotatable bonds is 11. The lowest BCUT2D eigenvalue weighted by Gasteiger charge is -2.07. The molecule has 4 nitrogen and oxygen atoms in total. The number of nitriles is 1. The Balaban J connectivity index is 1.57. The summed E-state index contributed by atoms with van der Waals surface area (Å²) in [6, 6.07) is 11.4. The first-order valence-electron chi connectivity index (χ1n) is 9.10. The van der Waals surface area contributed by atoms with Crippen LogP contribution in [0.5, 0.6) is 5.75 Å². The van der Waals surface area contributed by atoms with Crippen LogP contribution in [0, 0.1) is 11.5 Å². The summed E-state index contributed by atoms with van der Waals surface area (Å²) in [4.78, 5) is 8.20. The summed E-state index contributed by atoms with van der Waals surface area (Å²) in [7, 11) is 0. The number of unbranched alkanes of at least 4 members (excludes halogenated alkanes) is 4. The normalized spacial score (nSPS) is 11.2. The first-order valence-corrected chi connectivity index (χ1v) is 10.3. The molecule has 6 heteroatoms. The lowest BCUT2D eigenvalue weighted by atomic mass is 10.0. The number of pyridine rings is 1. The van der Waals surface area contributed by atoms with E-state index in [9.17, 15) is 0 Å². The molecule has 0 radical (unpaired) electrons. The van der Waals surface area contributed by atoms with E-state index in [0.717, 1.165) is 71.8 Å². The highest BCUT2D eigenvalue weighted by atomic mass is 79.9. The molecule has 2 rings (SSSR count). The quantitative estimate of drug-likeness (QED) is 0.173. The predicted octanol–water partition coefficient (Wildman–Crippen LogP) is 6.38. The summed E-state index contributed by atoms with van der Waals surface area (Å²) in [5, 5.41) is 9.61. The first-order chi connectivity index (χ1) is 13.2. The van der Waals surface area contributed by atoms with Gasteiger partial charge in [0, 0.05) is 23.4 Å². The van der Waals surface area contributed by atoms with E-state index in [-0.39, 0.29) is 0 Å². The molecule has 1 heterocycles. The molecule has 0 amide bonds. The fraction of sp³-hybridized carbons (Fsp3) is 0.381. The molecule has 0 spiro atoms. The van der Waals surface area contributed by atoms with Gasteiger partial charge in [-0.15, -0.1) is 0 Å². The van der Waals surface area contributed by atoms with Crippen molar-refractivity contribution in [1.29, 1.82) is 5.26 Å². The van der Waals surface area contributed by atoms with Crippen LogP contribution in [0.3, 0.4) is 0 Å². The molecule has 2 aromatic rings. The van der Waals surface area contributed by atoms with Crippen LogP contribution in [0.2, 0.25) is 5.02 Å². The summed E-state index contributed by atoms with van der Waals surface area (Å²) in [6.07, 6.45) is 10.8. The molecule has 27 heavy (non-hydrogen) atoms. The van der Waals surface area contributed by atoms with Crippen molar-refractivity contribution >= 4 is 33.2 Å². The maximum absolute atomic E-state index is 8.89. The number of hydrogen-bond donors (Lipinski definition) is 0. The molecule has 0 N–H and O–H groups in total. The maximum Gasteiger partial charge on any atom is 0.205 e. The van der Waals surface area contributed by atoms with Gasteiger partial charge in [0.05, 0.1) is 6.61 Å². The van der Waals surface area contributed by atoms with Crippen molar-refractivity contribution in [3.8, 4) is 11.9 Å². The summed E-state index contributed by atoms with van der Waals surface area (Å²) in [5.74, 6) is 0.860. The first kappa shape index (κ1) is 21.4. The third-order valence-electron chi connectivity index (χ3n) is 4.10. The molecule has 1 aromatic carbocycles. The summed E-state index contributed by atoms with van der Waals surface area (Å²) in [6.45, 7) is 0.722. The van der Waals surface area contributed by atoms with Crippen LogP contribution >= 0.6 is 27.5 Å². The number of aliphatic imine (C=N–C) groups is 1. The number of benzene rings is 1. The largest absolute Gasteiger partial charge is 0.494 e. The van der Waals surface area contributed by atoms with E-state index in [0.29, 0.717) is 6.42 Å². The molecule has 0 fully saturated rings. The lowest BCUT2D eigenvalue weighted by Crippen LogP contribution is -2.04. The van der Waals surface area contributed by atoms with E-state index in [1.807, 2.05) is 48.8 Å². The number of nitrogens with zero attached hydrogens (tertiary/aromatic N) is 3. The second-order valence-corrected chi connectivity index (χ2v) is 7.51. The van der Waals surface area contributed by atoms with E-state index in [4.69, 9.17) is 21.6 Å². The lowest BCUT2D eigenvalue weighted by molar-refractivity contribution is 0.304. The van der Waals surface area contributed by atoms with Gasteiger partial charge in [0.1, 0.15) is 10.4 Å². The minimum atomic E-state index is 0.683. The third-order valence-corrected chi connectivity index (χ3v) is 4.82. The highest BCUT2D eigenvalue weighted by Gasteiger charge is 2.03. The van der Waals surface area contributed by atoms with E-state index in [2.05, 4.69) is 25.9 Å². The van der Waals surface area contributed by atoms with Gasteiger partial charge in [-0.1, -0.05) is 36.9 Å². The van der Waals surface area contributed by atoms with Gasteiger partial charge < -0.3 is 4.74 Å². The minimum absolute atomic E-state index is 0.683. The molecular formula is C21H23BrClN3O. The zero-order valence-electron chi connectivity index (χ0n) is 15.2. The van der Waals surface area contributed by atoms with Crippen LogP contribution in [0.15, 0.2) is 52.2 Å². The number of ether oxygens (including phenoxy) is 1. The Kier molecular flexibility index (Phi) is 9.89. The van der Waals surface area contributed by atoms with Gasteiger partial charge in [-0.05, 0) is 71.1 Å². The zero-order valence-corrected chi connectivity index (χ0v) is 17.5. The highest BCUT2D eigenvalue weighted by Crippen LogP contribution is 2.16. The van der Waals surface area contributed by atoms with Crippen molar-refractivity contribution in [2.45, 2.75) is 44.9 Å². The molecule has 0 aliphatic rings. The SMILES string of the molecule is N#CN=C(CCCCCCCOc1ccc(Cl)cc1)Cc1ccc(Br)nc1. The standard InChI is InChI=1S/C21H23BrClN3O/c22-21-12-7-17(15-25-21)14-19(26-16-24)6-4-2-1-3-5-13-27-20-10-8-18(23)9-11-20/h7-12,15H,1-6,13-14H2. The smallest absolute Gasteiger partial charge is 0.205 e. The van der Waals surface area contributed by atoms with Gasteiger partial charge in [-0.25, -0.2) is 4.98 Å². The average Bonchev–Trinajstić information content (AvgIpc) is 2.67. The predicted molar refractivity (Wildman–Crippen MR) is 113 cm³/mol. The van der Waals surface area contributed by atoms with Crippen molar-refractivity contribution in [3.05, 3.63) is 57.8 Å². The highest BCUT2D eigenvalue weighted by molar-refractivity contribution is 9.10. The topological polar surface area (TPSA) is 58.3 Å². The Hall–Kier alpha value is -1.90. The van der Waals surface area contributed by atoms with Crippen LogP contribution in [0.4, 0.5) is 0 Å². The van der Waals surface area contributed by atoms with E-state index in [1.54, 1.807) is 0 Å². The molecule has 0 bridgehead atoms. The minimum Gasteiger partial charge on any atom is -0.494 e. The maximum atomic E-state index is 8.89. The Morgan fingerprint density at radius 2 is 1.81 bits per heavy atom. The molecular weight excluding hydrogens is 426 g/mol. The third kappa shape index (κ3) is 9.03. The summed E-state index contributed by atoms with van der Waals surface area (Å²) >= 11 is 9.18. The second-order valence-electron chi connectivity index (χ2n) is 6.26. The van der Waals surface area contributed by atoms with Gasteiger partial charge in [0.15, 0.2) is 0 Å². The van der Waals surface area contributed by atoms with Crippen molar-refractivity contribution in [2.24, 2.45) is 4.99 Å². The average molecular weight is 449 g/mol. The van der Waals surface area contributed by atoms with Crippen LogP contribution in [-0.2, 0) is 6.42 Å². The Morgan fingerprint density at radius 3 is 2.52 bits per heavy atom. The number of aromatic nitrogens is 1. The molecule has 1 aromatic heterocycles. The van der Waals surface area contributed by atoms with Gasteiger partial charge in [-0.2, -0.15) is 10.3 Å². The summed E-state index contributed by atoms with van der Waals surface area (Å²) < 4.78 is 6.50. The van der Waals surface area contributed by atoms with Crippen LogP contribution < -0.4 is 4.74 Å². The van der Waals surface area contributed by atoms with Crippen molar-refractivity contribution in [3.63, 3.8) is 0 Å². The molecule has 0 aliphatic heterocycles. The number of hydrogen-bond acceptors (Lipinski definition) is 4. The molecule has 0 aliphatic carbocycles. The van der Waals surface area contributed by atoms with Crippen molar-refractivity contribution < 1.29 is 4.74 Å². The molecule has 142 valence electrons. The zero-order chi connectivity index (χ0) is 19.3. The Morgan fingerprint density at radius 1 is 1.07 bits per heavy atom. The monoisotopic (exact) mass is 447 g/mol. The van der Waals surface area contributed by atoms with Gasteiger partial charge in [0.2, 0.25) is 6.19 Å². The van der Waals surface area contributed by atoms with Crippen LogP contribution in [-0.4, -0.2) is 17.3 Å². The molecule has 0 saturated carbocycles. The molecule has 0 unspecified atom stereocenters.